The Hall–Kier alpha value is -1.36. The van der Waals surface area contributed by atoms with Crippen LogP contribution in [-0.4, -0.2) is 35.5 Å². The number of aryl methyl sites for hydroxylation is 2. The number of rotatable bonds is 4. The molecule has 0 saturated heterocycles. The van der Waals surface area contributed by atoms with Crippen LogP contribution in [0.3, 0.4) is 0 Å². The zero-order valence-corrected chi connectivity index (χ0v) is 12.8. The summed E-state index contributed by atoms with van der Waals surface area (Å²) < 4.78 is 0. The van der Waals surface area contributed by atoms with Crippen molar-refractivity contribution in [2.45, 2.75) is 39.0 Å². The average Bonchev–Trinajstić information content (AvgIpc) is 2.68. The smallest absolute Gasteiger partial charge is 0.308 e. The predicted octanol–water partition coefficient (Wildman–Crippen LogP) is 2.81. The van der Waals surface area contributed by atoms with E-state index in [1.807, 2.05) is 6.07 Å². The van der Waals surface area contributed by atoms with E-state index >= 15 is 0 Å². The zero-order chi connectivity index (χ0) is 14.7. The van der Waals surface area contributed by atoms with Crippen molar-refractivity contribution in [3.8, 4) is 0 Å². The van der Waals surface area contributed by atoms with Gasteiger partial charge in [0.25, 0.3) is 5.91 Å². The fourth-order valence-electron chi connectivity index (χ4n) is 2.53. The Morgan fingerprint density at radius 2 is 2.05 bits per heavy atom. The summed E-state index contributed by atoms with van der Waals surface area (Å²) in [5.41, 5.74) is 1.32. The SMILES string of the molecule is CC(CN(C)C(=O)c1cc2c(s1)CCCCC2)C(=O)O. The molecule has 1 aromatic heterocycles. The Balaban J connectivity index is 2.07. The number of carboxylic acid groups (broad SMARTS) is 1. The molecule has 0 fully saturated rings. The molecule has 1 aromatic rings. The third kappa shape index (κ3) is 3.39. The van der Waals surface area contributed by atoms with Crippen molar-refractivity contribution in [1.82, 2.24) is 4.90 Å². The van der Waals surface area contributed by atoms with Crippen LogP contribution in [0.15, 0.2) is 6.07 Å². The normalized spacial score (nSPS) is 16.1. The molecule has 1 atom stereocenters. The molecule has 110 valence electrons. The van der Waals surface area contributed by atoms with Crippen LogP contribution in [0.5, 0.6) is 0 Å². The van der Waals surface area contributed by atoms with E-state index in [-0.39, 0.29) is 12.5 Å². The maximum absolute atomic E-state index is 12.3. The molecule has 4 nitrogen and oxygen atoms in total. The molecule has 1 unspecified atom stereocenters. The maximum atomic E-state index is 12.3. The summed E-state index contributed by atoms with van der Waals surface area (Å²) in [4.78, 5) is 26.8. The van der Waals surface area contributed by atoms with Gasteiger partial charge in [0.15, 0.2) is 0 Å². The van der Waals surface area contributed by atoms with Crippen molar-refractivity contribution >= 4 is 23.2 Å². The molecule has 0 radical (unpaired) electrons. The Bertz CT molecular complexity index is 486. The van der Waals surface area contributed by atoms with E-state index in [0.717, 1.165) is 17.7 Å². The minimum Gasteiger partial charge on any atom is -0.481 e. The third-order valence-corrected chi connectivity index (χ3v) is 5.00. The number of fused-ring (bicyclic) bond motifs is 1. The number of carbonyl (C=O) groups excluding carboxylic acids is 1. The topological polar surface area (TPSA) is 57.6 Å². The van der Waals surface area contributed by atoms with Crippen LogP contribution in [0.1, 0.15) is 46.3 Å². The van der Waals surface area contributed by atoms with Crippen molar-refractivity contribution in [1.29, 1.82) is 0 Å². The summed E-state index contributed by atoms with van der Waals surface area (Å²) in [6.45, 7) is 1.87. The zero-order valence-electron chi connectivity index (χ0n) is 12.0. The van der Waals surface area contributed by atoms with Crippen LogP contribution in [0.25, 0.3) is 0 Å². The second-order valence-corrected chi connectivity index (χ2v) is 6.68. The third-order valence-electron chi connectivity index (χ3n) is 3.77. The van der Waals surface area contributed by atoms with Gasteiger partial charge in [-0.15, -0.1) is 11.3 Å². The molecule has 1 amide bonds. The fourth-order valence-corrected chi connectivity index (χ4v) is 3.78. The molecule has 0 bridgehead atoms. The Morgan fingerprint density at radius 1 is 1.35 bits per heavy atom. The number of amides is 1. The maximum Gasteiger partial charge on any atom is 0.308 e. The highest BCUT2D eigenvalue weighted by atomic mass is 32.1. The van der Waals surface area contributed by atoms with E-state index in [1.165, 1.54) is 34.6 Å². The largest absolute Gasteiger partial charge is 0.481 e. The highest BCUT2D eigenvalue weighted by molar-refractivity contribution is 7.14. The van der Waals surface area contributed by atoms with Crippen LogP contribution >= 0.6 is 11.3 Å². The number of hydrogen-bond donors (Lipinski definition) is 1. The molecule has 0 spiro atoms. The summed E-state index contributed by atoms with van der Waals surface area (Å²) in [7, 11) is 1.67. The second-order valence-electron chi connectivity index (χ2n) is 5.54. The number of aliphatic carboxylic acids is 1. The lowest BCUT2D eigenvalue weighted by atomic mass is 10.1. The molecule has 2 rings (SSSR count). The molecule has 1 aliphatic carbocycles. The second kappa shape index (κ2) is 6.39. The standard InChI is InChI=1S/C15H21NO3S/c1-10(15(18)19)9-16(2)14(17)13-8-11-6-4-3-5-7-12(11)20-13/h8,10H,3-7,9H2,1-2H3,(H,18,19). The van der Waals surface area contributed by atoms with Gasteiger partial charge in [0.1, 0.15) is 0 Å². The van der Waals surface area contributed by atoms with E-state index in [1.54, 1.807) is 25.3 Å². The van der Waals surface area contributed by atoms with Crippen LogP contribution in [0.4, 0.5) is 0 Å². The van der Waals surface area contributed by atoms with E-state index in [0.29, 0.717) is 0 Å². The first-order valence-corrected chi connectivity index (χ1v) is 7.90. The minimum absolute atomic E-state index is 0.0591. The van der Waals surface area contributed by atoms with E-state index < -0.39 is 11.9 Å². The van der Waals surface area contributed by atoms with Gasteiger partial charge in [-0.05, 0) is 37.3 Å². The van der Waals surface area contributed by atoms with Crippen molar-refractivity contribution in [3.63, 3.8) is 0 Å². The van der Waals surface area contributed by atoms with E-state index in [4.69, 9.17) is 5.11 Å². The molecule has 20 heavy (non-hydrogen) atoms. The molecular weight excluding hydrogens is 274 g/mol. The van der Waals surface area contributed by atoms with Gasteiger partial charge >= 0.3 is 5.97 Å². The van der Waals surface area contributed by atoms with Gasteiger partial charge in [-0.3, -0.25) is 9.59 Å². The molecule has 0 saturated carbocycles. The van der Waals surface area contributed by atoms with Gasteiger partial charge in [0.05, 0.1) is 10.8 Å². The Kier molecular flexibility index (Phi) is 4.81. The first-order valence-electron chi connectivity index (χ1n) is 7.09. The van der Waals surface area contributed by atoms with Crippen LogP contribution in [-0.2, 0) is 17.6 Å². The lowest BCUT2D eigenvalue weighted by Gasteiger charge is -2.18. The van der Waals surface area contributed by atoms with E-state index in [2.05, 4.69) is 0 Å². The summed E-state index contributed by atoms with van der Waals surface area (Å²) in [6, 6.07) is 2.01. The van der Waals surface area contributed by atoms with E-state index in [9.17, 15) is 9.59 Å². The van der Waals surface area contributed by atoms with Crippen molar-refractivity contribution < 1.29 is 14.7 Å². The van der Waals surface area contributed by atoms with Gasteiger partial charge < -0.3 is 10.0 Å². The molecule has 0 aliphatic heterocycles. The first kappa shape index (κ1) is 15.0. The lowest BCUT2D eigenvalue weighted by molar-refractivity contribution is -0.141. The van der Waals surface area contributed by atoms with Gasteiger partial charge in [0, 0.05) is 18.5 Å². The average molecular weight is 295 g/mol. The van der Waals surface area contributed by atoms with Crippen LogP contribution < -0.4 is 0 Å². The molecule has 1 heterocycles. The first-order chi connectivity index (χ1) is 9.49. The summed E-state index contributed by atoms with van der Waals surface area (Å²) in [6.07, 6.45) is 5.80. The Morgan fingerprint density at radius 3 is 2.75 bits per heavy atom. The molecule has 5 heteroatoms. The summed E-state index contributed by atoms with van der Waals surface area (Å²) in [5.74, 6) is -1.47. The van der Waals surface area contributed by atoms with Gasteiger partial charge in [-0.2, -0.15) is 0 Å². The fraction of sp³-hybridized carbons (Fsp3) is 0.600. The number of carboxylic acids is 1. The lowest BCUT2D eigenvalue weighted by Crippen LogP contribution is -2.33. The summed E-state index contributed by atoms with van der Waals surface area (Å²) in [5, 5.41) is 8.91. The predicted molar refractivity (Wildman–Crippen MR) is 79.3 cm³/mol. The minimum atomic E-state index is -0.869. The molecule has 1 N–H and O–H groups in total. The van der Waals surface area contributed by atoms with Crippen molar-refractivity contribution in [3.05, 3.63) is 21.4 Å². The number of thiophene rings is 1. The van der Waals surface area contributed by atoms with Gasteiger partial charge in [-0.1, -0.05) is 13.3 Å². The molecule has 0 aromatic carbocycles. The quantitative estimate of drug-likeness (QED) is 0.869. The van der Waals surface area contributed by atoms with Crippen LogP contribution in [0.2, 0.25) is 0 Å². The monoisotopic (exact) mass is 295 g/mol. The number of carbonyl (C=O) groups is 2. The number of nitrogens with zero attached hydrogens (tertiary/aromatic N) is 1. The summed E-state index contributed by atoms with van der Waals surface area (Å²) >= 11 is 1.58. The van der Waals surface area contributed by atoms with Crippen molar-refractivity contribution in [2.24, 2.45) is 5.92 Å². The van der Waals surface area contributed by atoms with Gasteiger partial charge in [0.2, 0.25) is 0 Å². The van der Waals surface area contributed by atoms with Gasteiger partial charge in [-0.25, -0.2) is 0 Å². The highest BCUT2D eigenvalue weighted by Crippen LogP contribution is 2.29. The Labute approximate surface area is 123 Å². The number of hydrogen-bond acceptors (Lipinski definition) is 3. The van der Waals surface area contributed by atoms with Crippen molar-refractivity contribution in [2.75, 3.05) is 13.6 Å². The molecular formula is C15H21NO3S. The highest BCUT2D eigenvalue weighted by Gasteiger charge is 2.22. The molecule has 1 aliphatic rings. The van der Waals surface area contributed by atoms with Crippen LogP contribution in [0, 0.1) is 5.92 Å².